The molecule has 22 heavy (non-hydrogen) atoms. The summed E-state index contributed by atoms with van der Waals surface area (Å²) in [6, 6.07) is 9.70. The Morgan fingerprint density at radius 2 is 2.09 bits per heavy atom. The molecule has 1 saturated carbocycles. The smallest absolute Gasteiger partial charge is 0.291 e. The van der Waals surface area contributed by atoms with Gasteiger partial charge in [-0.25, -0.2) is 5.43 Å². The molecule has 1 heterocycles. The van der Waals surface area contributed by atoms with Crippen molar-refractivity contribution >= 4 is 17.8 Å². The SMILES string of the molecule is CN(C)c1ccc(C=NNC(=O)c2cc(C3CC3)[nH]n2)cc1. The van der Waals surface area contributed by atoms with Crippen molar-refractivity contribution in [2.45, 2.75) is 18.8 Å². The van der Waals surface area contributed by atoms with Crippen LogP contribution < -0.4 is 10.3 Å². The first-order valence-electron chi connectivity index (χ1n) is 7.29. The minimum absolute atomic E-state index is 0.302. The maximum Gasteiger partial charge on any atom is 0.291 e. The van der Waals surface area contributed by atoms with Crippen LogP contribution in [0.1, 0.15) is 40.5 Å². The molecule has 0 unspecified atom stereocenters. The molecular formula is C16H19N5O. The van der Waals surface area contributed by atoms with E-state index in [2.05, 4.69) is 20.7 Å². The molecule has 1 aliphatic rings. The van der Waals surface area contributed by atoms with Crippen molar-refractivity contribution in [2.75, 3.05) is 19.0 Å². The van der Waals surface area contributed by atoms with E-state index < -0.39 is 0 Å². The molecule has 0 atom stereocenters. The predicted octanol–water partition coefficient (Wildman–Crippen LogP) is 2.12. The first-order chi connectivity index (χ1) is 10.6. The van der Waals surface area contributed by atoms with E-state index >= 15 is 0 Å². The third kappa shape index (κ3) is 3.33. The number of carbonyl (C=O) groups is 1. The molecule has 0 spiro atoms. The Kier molecular flexibility index (Phi) is 3.91. The second kappa shape index (κ2) is 6.01. The van der Waals surface area contributed by atoms with Crippen LogP contribution in [0.4, 0.5) is 5.69 Å². The summed E-state index contributed by atoms with van der Waals surface area (Å²) in [4.78, 5) is 13.9. The number of hydrogen-bond acceptors (Lipinski definition) is 4. The van der Waals surface area contributed by atoms with Crippen LogP contribution in [0.25, 0.3) is 0 Å². The number of benzene rings is 1. The second-order valence-electron chi connectivity index (χ2n) is 5.67. The Morgan fingerprint density at radius 3 is 2.73 bits per heavy atom. The summed E-state index contributed by atoms with van der Waals surface area (Å²) in [5, 5.41) is 10.9. The van der Waals surface area contributed by atoms with Crippen LogP contribution >= 0.6 is 0 Å². The standard InChI is InChI=1S/C16H19N5O/c1-21(2)13-7-3-11(4-8-13)10-17-20-16(22)15-9-14(18-19-15)12-5-6-12/h3-4,7-10,12H,5-6H2,1-2H3,(H,18,19)(H,20,22). The fraction of sp³-hybridized carbons (Fsp3) is 0.312. The Labute approximate surface area is 129 Å². The van der Waals surface area contributed by atoms with E-state index in [1.807, 2.05) is 43.3 Å². The third-order valence-corrected chi connectivity index (χ3v) is 3.64. The van der Waals surface area contributed by atoms with Gasteiger partial charge in [0.1, 0.15) is 0 Å². The average Bonchev–Trinajstić information content (AvgIpc) is 3.25. The Hall–Kier alpha value is -2.63. The molecule has 2 aromatic rings. The molecular weight excluding hydrogens is 278 g/mol. The first-order valence-corrected chi connectivity index (χ1v) is 7.29. The lowest BCUT2D eigenvalue weighted by Crippen LogP contribution is -2.18. The molecule has 1 fully saturated rings. The van der Waals surface area contributed by atoms with E-state index in [4.69, 9.17) is 0 Å². The summed E-state index contributed by atoms with van der Waals surface area (Å²) < 4.78 is 0. The minimum Gasteiger partial charge on any atom is -0.378 e. The van der Waals surface area contributed by atoms with Gasteiger partial charge in [-0.05, 0) is 36.6 Å². The second-order valence-corrected chi connectivity index (χ2v) is 5.67. The summed E-state index contributed by atoms with van der Waals surface area (Å²) in [5.74, 6) is 0.247. The highest BCUT2D eigenvalue weighted by Gasteiger charge is 2.26. The molecule has 0 aliphatic heterocycles. The molecule has 0 radical (unpaired) electrons. The zero-order valence-corrected chi connectivity index (χ0v) is 12.7. The van der Waals surface area contributed by atoms with Gasteiger partial charge in [0.05, 0.1) is 6.21 Å². The normalized spacial score (nSPS) is 14.3. The van der Waals surface area contributed by atoms with Gasteiger partial charge in [0, 0.05) is 31.4 Å². The molecule has 2 N–H and O–H groups in total. The fourth-order valence-corrected chi connectivity index (χ4v) is 2.14. The molecule has 0 saturated heterocycles. The number of amides is 1. The maximum absolute atomic E-state index is 11.9. The van der Waals surface area contributed by atoms with Gasteiger partial charge in [-0.1, -0.05) is 12.1 Å². The van der Waals surface area contributed by atoms with Crippen molar-refractivity contribution in [2.24, 2.45) is 5.10 Å². The lowest BCUT2D eigenvalue weighted by Gasteiger charge is -2.11. The van der Waals surface area contributed by atoms with Crippen LogP contribution in [0.5, 0.6) is 0 Å². The van der Waals surface area contributed by atoms with Gasteiger partial charge < -0.3 is 4.90 Å². The topological polar surface area (TPSA) is 73.4 Å². The minimum atomic E-state index is -0.302. The zero-order chi connectivity index (χ0) is 15.5. The van der Waals surface area contributed by atoms with Crippen LogP contribution in [0, 0.1) is 0 Å². The fourth-order valence-electron chi connectivity index (χ4n) is 2.14. The van der Waals surface area contributed by atoms with Crippen LogP contribution in [-0.2, 0) is 0 Å². The summed E-state index contributed by atoms with van der Waals surface area (Å²) in [5.41, 5.74) is 5.95. The maximum atomic E-state index is 11.9. The summed E-state index contributed by atoms with van der Waals surface area (Å²) in [7, 11) is 3.98. The number of hydrazone groups is 1. The highest BCUT2D eigenvalue weighted by Crippen LogP contribution is 2.38. The number of hydrogen-bond donors (Lipinski definition) is 2. The molecule has 1 aliphatic carbocycles. The van der Waals surface area contributed by atoms with Gasteiger partial charge in [0.25, 0.3) is 5.91 Å². The number of nitrogens with zero attached hydrogens (tertiary/aromatic N) is 3. The molecule has 1 aromatic carbocycles. The van der Waals surface area contributed by atoms with Gasteiger partial charge in [0.2, 0.25) is 0 Å². The van der Waals surface area contributed by atoms with Crippen molar-refractivity contribution in [3.05, 3.63) is 47.3 Å². The van der Waals surface area contributed by atoms with E-state index in [-0.39, 0.29) is 5.91 Å². The number of carbonyl (C=O) groups excluding carboxylic acids is 1. The number of aromatic nitrogens is 2. The van der Waals surface area contributed by atoms with Gasteiger partial charge in [-0.2, -0.15) is 10.2 Å². The zero-order valence-electron chi connectivity index (χ0n) is 12.7. The molecule has 0 bridgehead atoms. The molecule has 6 nitrogen and oxygen atoms in total. The summed E-state index contributed by atoms with van der Waals surface area (Å²) in [6.45, 7) is 0. The highest BCUT2D eigenvalue weighted by molar-refractivity contribution is 5.93. The lowest BCUT2D eigenvalue weighted by molar-refractivity contribution is 0.0950. The quantitative estimate of drug-likeness (QED) is 0.656. The average molecular weight is 297 g/mol. The monoisotopic (exact) mass is 297 g/mol. The van der Waals surface area contributed by atoms with Crippen LogP contribution in [0.2, 0.25) is 0 Å². The van der Waals surface area contributed by atoms with E-state index in [9.17, 15) is 4.79 Å². The Bertz CT molecular complexity index is 683. The van der Waals surface area contributed by atoms with E-state index in [1.165, 1.54) is 12.8 Å². The predicted molar refractivity (Wildman–Crippen MR) is 86.4 cm³/mol. The molecule has 1 amide bonds. The number of aromatic amines is 1. The van der Waals surface area contributed by atoms with Crippen molar-refractivity contribution in [3.63, 3.8) is 0 Å². The van der Waals surface area contributed by atoms with E-state index in [0.29, 0.717) is 11.6 Å². The van der Waals surface area contributed by atoms with E-state index in [1.54, 1.807) is 12.3 Å². The number of rotatable bonds is 5. The lowest BCUT2D eigenvalue weighted by atomic mass is 10.2. The summed E-state index contributed by atoms with van der Waals surface area (Å²) in [6.07, 6.45) is 3.96. The van der Waals surface area contributed by atoms with Crippen molar-refractivity contribution < 1.29 is 4.79 Å². The number of H-pyrrole nitrogens is 1. The van der Waals surface area contributed by atoms with Gasteiger partial charge in [-0.15, -0.1) is 0 Å². The third-order valence-electron chi connectivity index (χ3n) is 3.64. The summed E-state index contributed by atoms with van der Waals surface area (Å²) >= 11 is 0. The molecule has 6 heteroatoms. The van der Waals surface area contributed by atoms with Gasteiger partial charge in [0.15, 0.2) is 5.69 Å². The number of nitrogens with one attached hydrogen (secondary N) is 2. The number of anilines is 1. The molecule has 3 rings (SSSR count). The van der Waals surface area contributed by atoms with Crippen molar-refractivity contribution in [3.8, 4) is 0 Å². The van der Waals surface area contributed by atoms with Crippen molar-refractivity contribution in [1.29, 1.82) is 0 Å². The van der Waals surface area contributed by atoms with Gasteiger partial charge in [-0.3, -0.25) is 9.89 Å². The Morgan fingerprint density at radius 1 is 1.36 bits per heavy atom. The largest absolute Gasteiger partial charge is 0.378 e. The Balaban J connectivity index is 1.57. The molecule has 114 valence electrons. The first kappa shape index (κ1) is 14.3. The van der Waals surface area contributed by atoms with Crippen molar-refractivity contribution in [1.82, 2.24) is 15.6 Å². The van der Waals surface area contributed by atoms with Crippen LogP contribution in [0.3, 0.4) is 0 Å². The van der Waals surface area contributed by atoms with Crippen LogP contribution in [0.15, 0.2) is 35.4 Å². The van der Waals surface area contributed by atoms with E-state index in [0.717, 1.165) is 16.9 Å². The highest BCUT2D eigenvalue weighted by atomic mass is 16.2. The van der Waals surface area contributed by atoms with Gasteiger partial charge >= 0.3 is 0 Å². The van der Waals surface area contributed by atoms with Crippen LogP contribution in [-0.4, -0.2) is 36.4 Å². The molecule has 1 aromatic heterocycles.